The first-order chi connectivity index (χ1) is 17.4. The van der Waals surface area contributed by atoms with Crippen LogP contribution in [0.15, 0.2) is 9.70 Å². The lowest BCUT2D eigenvalue weighted by molar-refractivity contribution is -0.124. The van der Waals surface area contributed by atoms with Crippen molar-refractivity contribution in [2.75, 3.05) is 37.6 Å². The van der Waals surface area contributed by atoms with Crippen LogP contribution in [0.25, 0.3) is 6.08 Å². The first kappa shape index (κ1) is 26.9. The molecule has 1 aromatic rings. The smallest absolute Gasteiger partial charge is 0.270 e. The Labute approximate surface area is 224 Å². The molecule has 0 bridgehead atoms. The highest BCUT2D eigenvalue weighted by Crippen LogP contribution is 2.39. The summed E-state index contributed by atoms with van der Waals surface area (Å²) in [6.45, 7) is 11.1. The van der Waals surface area contributed by atoms with E-state index in [1.807, 2.05) is 17.9 Å². The molecule has 0 spiro atoms. The number of thioether (sulfide) groups is 1. The van der Waals surface area contributed by atoms with Crippen molar-refractivity contribution < 1.29 is 4.79 Å². The quantitative estimate of drug-likeness (QED) is 0.382. The number of likely N-dealkylation sites (N-methyl/N-ethyl adjacent to an activating group) is 1. The summed E-state index contributed by atoms with van der Waals surface area (Å²) >= 11 is 7.02. The Hall–Kier alpha value is -2.15. The van der Waals surface area contributed by atoms with Crippen LogP contribution in [0.2, 0.25) is 0 Å². The SMILES string of the molecule is CCCCn1c(N2CCN(CC)CC2)c(/C=C2/SC(=S)N(C3CCCCC3)C2=O)c(C)c(C#N)c1=O. The molecule has 0 atom stereocenters. The highest BCUT2D eigenvalue weighted by Gasteiger charge is 2.38. The minimum absolute atomic E-state index is 0.0390. The second-order valence-electron chi connectivity index (χ2n) is 9.92. The Morgan fingerprint density at radius 3 is 2.42 bits per heavy atom. The first-order valence-corrected chi connectivity index (χ1v) is 14.6. The number of nitriles is 1. The fourth-order valence-electron chi connectivity index (χ4n) is 5.55. The Morgan fingerprint density at radius 1 is 1.11 bits per heavy atom. The van der Waals surface area contributed by atoms with Crippen molar-refractivity contribution in [1.29, 1.82) is 5.26 Å². The third-order valence-corrected chi connectivity index (χ3v) is 9.07. The number of unbranched alkanes of at least 4 members (excludes halogenated alkanes) is 1. The molecule has 1 saturated carbocycles. The number of hydrogen-bond acceptors (Lipinski definition) is 7. The van der Waals surface area contributed by atoms with Gasteiger partial charge in [-0.3, -0.25) is 19.1 Å². The number of carbonyl (C=O) groups excluding carboxylic acids is 1. The van der Waals surface area contributed by atoms with Gasteiger partial charge >= 0.3 is 0 Å². The monoisotopic (exact) mass is 527 g/mol. The van der Waals surface area contributed by atoms with Crippen LogP contribution < -0.4 is 10.5 Å². The number of hydrogen-bond donors (Lipinski definition) is 0. The standard InChI is InChI=1S/C27H37N5O2S2/c1-4-6-12-31-24(30-15-13-29(5-2)14-16-30)21(19(3)22(18-28)25(31)33)17-23-26(34)32(27(35)36-23)20-10-8-7-9-11-20/h17,20H,4-16H2,1-3H3/b23-17+. The Kier molecular flexibility index (Phi) is 8.91. The molecule has 1 amide bonds. The lowest BCUT2D eigenvalue weighted by atomic mass is 9.94. The molecule has 36 heavy (non-hydrogen) atoms. The molecule has 3 fully saturated rings. The summed E-state index contributed by atoms with van der Waals surface area (Å²) < 4.78 is 2.40. The number of pyridine rings is 1. The molecule has 1 aromatic heterocycles. The summed E-state index contributed by atoms with van der Waals surface area (Å²) in [5, 5.41) is 9.90. The molecule has 194 valence electrons. The van der Waals surface area contributed by atoms with E-state index in [0.717, 1.165) is 82.6 Å². The Bertz CT molecular complexity index is 1140. The van der Waals surface area contributed by atoms with E-state index in [2.05, 4.69) is 29.7 Å². The van der Waals surface area contributed by atoms with Gasteiger partial charge in [0.05, 0.1) is 4.91 Å². The van der Waals surface area contributed by atoms with Crippen LogP contribution >= 0.6 is 24.0 Å². The van der Waals surface area contributed by atoms with Gasteiger partial charge < -0.3 is 9.80 Å². The summed E-state index contributed by atoms with van der Waals surface area (Å²) in [5.74, 6) is 0.798. The maximum atomic E-state index is 13.6. The van der Waals surface area contributed by atoms with E-state index in [-0.39, 0.29) is 23.1 Å². The molecule has 0 radical (unpaired) electrons. The largest absolute Gasteiger partial charge is 0.355 e. The van der Waals surface area contributed by atoms with Crippen LogP contribution in [-0.4, -0.2) is 63.4 Å². The van der Waals surface area contributed by atoms with Crippen molar-refractivity contribution >= 4 is 46.1 Å². The lowest BCUT2D eigenvalue weighted by Gasteiger charge is -2.37. The Balaban J connectivity index is 1.82. The van der Waals surface area contributed by atoms with E-state index in [0.29, 0.717) is 21.3 Å². The molecule has 3 aliphatic rings. The number of thiocarbonyl (C=S) groups is 1. The summed E-state index contributed by atoms with van der Waals surface area (Å²) in [7, 11) is 0. The van der Waals surface area contributed by atoms with Crippen LogP contribution in [0.5, 0.6) is 0 Å². The molecule has 0 unspecified atom stereocenters. The topological polar surface area (TPSA) is 72.6 Å². The number of piperazine rings is 1. The van der Waals surface area contributed by atoms with Gasteiger partial charge in [0.15, 0.2) is 0 Å². The van der Waals surface area contributed by atoms with Gasteiger partial charge in [0.2, 0.25) is 0 Å². The van der Waals surface area contributed by atoms with Gasteiger partial charge in [-0.2, -0.15) is 5.26 Å². The summed E-state index contributed by atoms with van der Waals surface area (Å²) in [6, 6.07) is 2.33. The van der Waals surface area contributed by atoms with E-state index < -0.39 is 0 Å². The average Bonchev–Trinajstić information content (AvgIpc) is 3.18. The zero-order valence-electron chi connectivity index (χ0n) is 21.7. The Morgan fingerprint density at radius 2 is 1.81 bits per heavy atom. The highest BCUT2D eigenvalue weighted by molar-refractivity contribution is 8.26. The molecular formula is C27H37N5O2S2. The van der Waals surface area contributed by atoms with Crippen molar-refractivity contribution in [3.8, 4) is 6.07 Å². The summed E-state index contributed by atoms with van der Waals surface area (Å²) in [5.41, 5.74) is 1.38. The van der Waals surface area contributed by atoms with Crippen molar-refractivity contribution in [2.45, 2.75) is 78.3 Å². The highest BCUT2D eigenvalue weighted by atomic mass is 32.2. The van der Waals surface area contributed by atoms with Crippen molar-refractivity contribution in [3.05, 3.63) is 31.9 Å². The molecule has 2 saturated heterocycles. The van der Waals surface area contributed by atoms with Crippen LogP contribution in [0, 0.1) is 18.3 Å². The van der Waals surface area contributed by atoms with Gasteiger partial charge in [0.1, 0.15) is 21.8 Å². The van der Waals surface area contributed by atoms with Gasteiger partial charge in [0, 0.05) is 44.3 Å². The van der Waals surface area contributed by atoms with Crippen molar-refractivity contribution in [2.24, 2.45) is 0 Å². The van der Waals surface area contributed by atoms with E-state index >= 15 is 0 Å². The first-order valence-electron chi connectivity index (χ1n) is 13.3. The molecule has 9 heteroatoms. The van der Waals surface area contributed by atoms with E-state index in [1.165, 1.54) is 18.2 Å². The second-order valence-corrected chi connectivity index (χ2v) is 11.6. The zero-order valence-corrected chi connectivity index (χ0v) is 23.3. The van der Waals surface area contributed by atoms with Gasteiger partial charge in [0.25, 0.3) is 11.5 Å². The van der Waals surface area contributed by atoms with Crippen LogP contribution in [0.1, 0.15) is 75.5 Å². The van der Waals surface area contributed by atoms with Crippen LogP contribution in [-0.2, 0) is 11.3 Å². The third kappa shape index (κ3) is 5.27. The number of anilines is 1. The number of aromatic nitrogens is 1. The number of nitrogens with zero attached hydrogens (tertiary/aromatic N) is 5. The maximum absolute atomic E-state index is 13.6. The molecule has 0 N–H and O–H groups in total. The lowest BCUT2D eigenvalue weighted by Crippen LogP contribution is -2.48. The van der Waals surface area contributed by atoms with Crippen LogP contribution in [0.3, 0.4) is 0 Å². The molecular weight excluding hydrogens is 490 g/mol. The van der Waals surface area contributed by atoms with Gasteiger partial charge in [-0.25, -0.2) is 0 Å². The van der Waals surface area contributed by atoms with E-state index in [4.69, 9.17) is 12.2 Å². The fourth-order valence-corrected chi connectivity index (χ4v) is 6.93. The number of carbonyl (C=O) groups is 1. The number of amides is 1. The molecule has 1 aliphatic carbocycles. The van der Waals surface area contributed by atoms with Gasteiger partial charge in [-0.1, -0.05) is 63.5 Å². The average molecular weight is 528 g/mol. The molecule has 4 rings (SSSR count). The van der Waals surface area contributed by atoms with Crippen molar-refractivity contribution in [3.63, 3.8) is 0 Å². The van der Waals surface area contributed by atoms with Crippen molar-refractivity contribution in [1.82, 2.24) is 14.4 Å². The third-order valence-electron chi connectivity index (χ3n) is 7.74. The maximum Gasteiger partial charge on any atom is 0.270 e. The van der Waals surface area contributed by atoms with Crippen LogP contribution in [0.4, 0.5) is 5.82 Å². The zero-order chi connectivity index (χ0) is 25.8. The molecule has 2 aliphatic heterocycles. The number of rotatable bonds is 7. The van der Waals surface area contributed by atoms with E-state index in [9.17, 15) is 14.9 Å². The molecule has 0 aromatic carbocycles. The normalized spacial score (nSPS) is 21.0. The van der Waals surface area contributed by atoms with Gasteiger partial charge in [-0.15, -0.1) is 0 Å². The summed E-state index contributed by atoms with van der Waals surface area (Å²) in [6.07, 6.45) is 9.15. The summed E-state index contributed by atoms with van der Waals surface area (Å²) in [4.78, 5) is 34.1. The predicted molar refractivity (Wildman–Crippen MR) is 151 cm³/mol. The minimum Gasteiger partial charge on any atom is -0.355 e. The van der Waals surface area contributed by atoms with E-state index in [1.54, 1.807) is 4.57 Å². The second kappa shape index (κ2) is 11.9. The molecule has 3 heterocycles. The predicted octanol–water partition coefficient (Wildman–Crippen LogP) is 4.50. The minimum atomic E-state index is -0.233. The molecule has 7 nitrogen and oxygen atoms in total. The van der Waals surface area contributed by atoms with Gasteiger partial charge in [-0.05, 0) is 44.4 Å². The fraction of sp³-hybridized carbons (Fsp3) is 0.630.